The van der Waals surface area contributed by atoms with Gasteiger partial charge in [0, 0.05) is 91.2 Å². The number of hydrogen-bond donors (Lipinski definition) is 0. The molecule has 0 unspecified atom stereocenters. The molecule has 5 nitrogen and oxygen atoms in total. The van der Waals surface area contributed by atoms with Crippen LogP contribution in [0.3, 0.4) is 0 Å². The summed E-state index contributed by atoms with van der Waals surface area (Å²) in [5, 5.41) is 0. The summed E-state index contributed by atoms with van der Waals surface area (Å²) in [6.07, 6.45) is 12.5. The van der Waals surface area contributed by atoms with Gasteiger partial charge in [0.15, 0.2) is 42.4 Å². The van der Waals surface area contributed by atoms with E-state index in [1.54, 1.807) is 0 Å². The van der Waals surface area contributed by atoms with Crippen LogP contribution in [-0.2, 0) is 48.1 Å². The molecule has 0 saturated carbocycles. The molecule has 10 aromatic carbocycles. The Morgan fingerprint density at radius 1 is 0.137 bits per heavy atom. The second-order valence-corrected chi connectivity index (χ2v) is 26.4. The van der Waals surface area contributed by atoms with Gasteiger partial charge in [-0.2, -0.15) is 0 Å². The van der Waals surface area contributed by atoms with Crippen LogP contribution in [-0.4, -0.2) is 0 Å². The van der Waals surface area contributed by atoms with Crippen LogP contribution in [0.4, 0.5) is 0 Å². The summed E-state index contributed by atoms with van der Waals surface area (Å²) in [6, 6.07) is 122. The first kappa shape index (κ1) is 147. The van der Waals surface area contributed by atoms with Crippen molar-refractivity contribution in [1.82, 2.24) is 0 Å². The largest absolute Gasteiger partial charge is 0.212 e. The van der Waals surface area contributed by atoms with Gasteiger partial charge in [-0.05, 0) is 152 Å². The van der Waals surface area contributed by atoms with Crippen molar-refractivity contribution in [3.63, 3.8) is 0 Å². The molecule has 0 N–H and O–H groups in total. The molecule has 0 aliphatic heterocycles. The smallest absolute Gasteiger partial charge is 0.205 e. The highest BCUT2D eigenvalue weighted by Gasteiger charge is 2.18. The van der Waals surface area contributed by atoms with Crippen LogP contribution >= 0.6 is 0 Å². The Balaban J connectivity index is -0.000000162. The number of pyridine rings is 5. The summed E-state index contributed by atoms with van der Waals surface area (Å²) < 4.78 is 10.6. The molecule has 0 spiro atoms. The maximum Gasteiger partial charge on any atom is 0.212 e. The number of hydrogen-bond acceptors (Lipinski definition) is 0. The molecule has 0 amide bonds. The van der Waals surface area contributed by atoms with Gasteiger partial charge >= 0.3 is 0 Å². The molecule has 0 saturated heterocycles. The molecule has 139 heavy (non-hydrogen) atoms. The quantitative estimate of drug-likeness (QED) is 0.157. The zero-order valence-electron chi connectivity index (χ0n) is 98.0. The highest BCUT2D eigenvalue weighted by atomic mass is 14.9. The molecule has 15 aromatic rings. The van der Waals surface area contributed by atoms with E-state index in [2.05, 4.69) is 373 Å². The lowest BCUT2D eigenvalue weighted by molar-refractivity contribution is -0.677. The normalized spacial score (nSPS) is 8.48. The van der Waals surface area contributed by atoms with Crippen molar-refractivity contribution in [2.75, 3.05) is 0 Å². The summed E-state index contributed by atoms with van der Waals surface area (Å²) in [7, 11) is 10.3. The third-order valence-electron chi connectivity index (χ3n) is 18.3. The maximum absolute atomic E-state index is 2.22. The Kier molecular flexibility index (Phi) is 116. The van der Waals surface area contributed by atoms with Gasteiger partial charge in [0.1, 0.15) is 35.2 Å². The van der Waals surface area contributed by atoms with E-state index in [1.807, 2.05) is 359 Å². The van der Waals surface area contributed by atoms with Gasteiger partial charge in [-0.1, -0.05) is 507 Å². The molecule has 0 atom stereocenters. The minimum absolute atomic E-state index is 1.10. The van der Waals surface area contributed by atoms with Crippen molar-refractivity contribution >= 4 is 0 Å². The minimum atomic E-state index is 1.10. The van der Waals surface area contributed by atoms with Crippen molar-refractivity contribution < 1.29 is 22.8 Å². The molecule has 764 valence electrons. The van der Waals surface area contributed by atoms with Gasteiger partial charge in [-0.15, -0.1) is 0 Å². The first-order valence-corrected chi connectivity index (χ1v) is 53.3. The van der Waals surface area contributed by atoms with Crippen molar-refractivity contribution in [3.05, 3.63) is 450 Å². The number of nitrogens with zero attached hydrogens (tertiary/aromatic N) is 5. The van der Waals surface area contributed by atoms with E-state index in [0.29, 0.717) is 0 Å². The summed E-state index contributed by atoms with van der Waals surface area (Å²) >= 11 is 0. The van der Waals surface area contributed by atoms with Crippen LogP contribution in [0.1, 0.15) is 302 Å². The number of aromatic nitrogens is 5. The van der Waals surface area contributed by atoms with E-state index >= 15 is 0 Å². The van der Waals surface area contributed by atoms with Crippen molar-refractivity contribution in [1.29, 1.82) is 0 Å². The Morgan fingerprint density at radius 3 is 0.424 bits per heavy atom. The average Bonchev–Trinajstić information content (AvgIpc) is 1.64. The Morgan fingerprint density at radius 2 is 0.281 bits per heavy atom. The number of fused-ring (bicyclic) bond motifs is 6. The third-order valence-corrected chi connectivity index (χ3v) is 18.3. The summed E-state index contributed by atoms with van der Waals surface area (Å²) in [4.78, 5) is 0. The lowest BCUT2D eigenvalue weighted by atomic mass is 10.1. The van der Waals surface area contributed by atoms with Gasteiger partial charge in [0.05, 0.1) is 0 Å². The van der Waals surface area contributed by atoms with E-state index in [4.69, 9.17) is 0 Å². The third kappa shape index (κ3) is 65.4. The Bertz CT molecular complexity index is 4380. The lowest BCUT2D eigenvalue weighted by Crippen LogP contribution is -2.30. The molecule has 0 radical (unpaired) electrons. The summed E-state index contributed by atoms with van der Waals surface area (Å²) in [5.74, 6) is 0. The van der Waals surface area contributed by atoms with Gasteiger partial charge in [-0.25, -0.2) is 22.8 Å². The fourth-order valence-electron chi connectivity index (χ4n) is 12.0. The van der Waals surface area contributed by atoms with Crippen molar-refractivity contribution in [2.45, 2.75) is 304 Å². The number of aryl methyl sites for hydroxylation is 13. The average molecular weight is 1890 g/mol. The molecular weight excluding hydrogens is 1680 g/mol. The van der Waals surface area contributed by atoms with Crippen molar-refractivity contribution in [2.24, 2.45) is 35.2 Å². The van der Waals surface area contributed by atoms with Gasteiger partial charge < -0.3 is 0 Å². The number of benzene rings is 10. The standard InChI is InChI=1S/3C13H14N.2C13H10.2C7H10N.3C7H8.17C2H6/c3*1-11-7-3-4-8-12(11)13-9-5-6-10-14(13)2;2*1-3-7-12-10(5-1)9-11-6-2-4-8-13(11)12;2*1-7-5-3-4-6-8(7)2;3*1-7-5-3-2-4-6-7;17*1-2/h3*3-10H,1-2H3;2*1-8H,9H2;2*3-6H,1-2H3;3*2-6H,1H3;17*1-2H3/q3*+1;;;2*+1;;;;;;;;;;;;;;;;;;;;. The van der Waals surface area contributed by atoms with Crippen molar-refractivity contribution in [3.8, 4) is 56.0 Å². The van der Waals surface area contributed by atoms with E-state index in [1.165, 1.54) is 123 Å². The summed E-state index contributed by atoms with van der Waals surface area (Å²) in [6.45, 7) is 84.8. The molecule has 5 heterocycles. The molecule has 2 aliphatic carbocycles. The predicted molar refractivity (Wildman–Crippen MR) is 634 cm³/mol. The molecule has 0 bridgehead atoms. The van der Waals surface area contributed by atoms with Crippen LogP contribution < -0.4 is 22.8 Å². The zero-order chi connectivity index (χ0) is 109. The van der Waals surface area contributed by atoms with E-state index in [-0.39, 0.29) is 0 Å². The van der Waals surface area contributed by atoms with Crippen LogP contribution in [0, 0.1) is 55.4 Å². The van der Waals surface area contributed by atoms with E-state index in [9.17, 15) is 0 Å². The van der Waals surface area contributed by atoms with E-state index < -0.39 is 0 Å². The second-order valence-electron chi connectivity index (χ2n) is 26.4. The summed E-state index contributed by atoms with van der Waals surface area (Å²) in [5.41, 5.74) is 29.7. The first-order valence-electron chi connectivity index (χ1n) is 53.3. The maximum atomic E-state index is 2.22. The monoisotopic (exact) mass is 1890 g/mol. The molecule has 17 rings (SSSR count). The molecule has 5 aromatic heterocycles. The Labute approximate surface area is 861 Å². The topological polar surface area (TPSA) is 19.4 Å². The van der Waals surface area contributed by atoms with Gasteiger partial charge in [0.2, 0.25) is 17.1 Å². The van der Waals surface area contributed by atoms with Crippen LogP contribution in [0.25, 0.3) is 56.0 Å². The molecule has 5 heteroatoms. The van der Waals surface area contributed by atoms with Crippen LogP contribution in [0.5, 0.6) is 0 Å². The second kappa shape index (κ2) is 110. The SMILES string of the molecule is CC.CC.CC.CC.CC.CC.CC.CC.CC.CC.CC.CC.CC.CC.CC.CC.CC.Cc1cccc[n+]1C.Cc1cccc[n+]1C.Cc1ccccc1.Cc1ccccc1.Cc1ccccc1.Cc1ccccc1-c1cccc[n+]1C.Cc1ccccc1-c1cccc[n+]1C.Cc1ccccc1-c1cccc[n+]1C.c1ccc2c(c1)Cc1ccccc1-2.c1ccc2c(c1)Cc1ccccc1-2. The predicted octanol–water partition coefficient (Wildman–Crippen LogP) is 39.0. The Hall–Kier alpha value is -12.1. The van der Waals surface area contributed by atoms with Crippen LogP contribution in [0.2, 0.25) is 0 Å². The zero-order valence-corrected chi connectivity index (χ0v) is 98.0. The fraction of sp³-hybridized carbons (Fsp3) is 0.366. The fourth-order valence-corrected chi connectivity index (χ4v) is 12.0. The molecule has 0 fully saturated rings. The van der Waals surface area contributed by atoms with Gasteiger partial charge in [0.25, 0.3) is 0 Å². The minimum Gasteiger partial charge on any atom is -0.205 e. The number of rotatable bonds is 3. The highest BCUT2D eigenvalue weighted by Crippen LogP contribution is 2.37. The lowest BCUT2D eigenvalue weighted by Gasteiger charge is -2.02. The highest BCUT2D eigenvalue weighted by molar-refractivity contribution is 5.77. The van der Waals surface area contributed by atoms with Crippen LogP contribution in [0.15, 0.2) is 383 Å². The molecular formula is C134H208N5+5. The molecule has 2 aliphatic rings. The first-order chi connectivity index (χ1) is 68.1. The van der Waals surface area contributed by atoms with E-state index in [0.717, 1.165) is 12.8 Å². The van der Waals surface area contributed by atoms with Gasteiger partial charge in [-0.3, -0.25) is 0 Å².